The molecule has 1 unspecified atom stereocenters. The summed E-state index contributed by atoms with van der Waals surface area (Å²) in [6.45, 7) is 1.83. The highest BCUT2D eigenvalue weighted by Crippen LogP contribution is 2.18. The van der Waals surface area contributed by atoms with Gasteiger partial charge in [-0.25, -0.2) is 29.0 Å². The Kier molecular flexibility index (Phi) is 13.3. The van der Waals surface area contributed by atoms with Gasteiger partial charge >= 0.3 is 35.8 Å². The van der Waals surface area contributed by atoms with Gasteiger partial charge in [0, 0.05) is 18.7 Å². The molecule has 9 N–H and O–H groups in total. The van der Waals surface area contributed by atoms with Crippen molar-refractivity contribution in [3.63, 3.8) is 0 Å². The first-order valence-electron chi connectivity index (χ1n) is 9.82. The van der Waals surface area contributed by atoms with Crippen LogP contribution in [0, 0.1) is 0 Å². The number of benzene rings is 1. The molecule has 0 aliphatic carbocycles. The number of carboxylic acids is 6. The number of carbonyl (C=O) groups is 6. The molecular weight excluding hydrogens is 498 g/mol. The highest BCUT2D eigenvalue weighted by Gasteiger charge is 2.25. The Morgan fingerprint density at radius 2 is 1.27 bits per heavy atom. The van der Waals surface area contributed by atoms with E-state index in [2.05, 4.69) is 9.97 Å². The highest BCUT2D eigenvalue weighted by atomic mass is 16.4. The number of nitrogens with two attached hydrogens (primary N) is 1. The molecule has 15 nitrogen and oxygen atoms in total. The summed E-state index contributed by atoms with van der Waals surface area (Å²) >= 11 is 0. The molecule has 0 radical (unpaired) electrons. The van der Waals surface area contributed by atoms with E-state index in [1.807, 2.05) is 6.92 Å². The summed E-state index contributed by atoms with van der Waals surface area (Å²) in [7, 11) is 0. The average Bonchev–Trinajstić information content (AvgIpc) is 3.31. The fourth-order valence-corrected chi connectivity index (χ4v) is 2.27. The second-order valence-electron chi connectivity index (χ2n) is 6.60. The fraction of sp³-hybridized carbons (Fsp3) is 0.136. The van der Waals surface area contributed by atoms with Crippen molar-refractivity contribution in [3.8, 4) is 0 Å². The Balaban J connectivity index is 0.000000580. The van der Waals surface area contributed by atoms with Gasteiger partial charge in [0.05, 0.1) is 34.3 Å². The first-order valence-corrected chi connectivity index (χ1v) is 9.82. The zero-order valence-corrected chi connectivity index (χ0v) is 19.1. The topological polar surface area (TPSA) is 278 Å². The third-order valence-corrected chi connectivity index (χ3v) is 3.92. The SMILES string of the molecule is C/C=C/C=C/C(=O)O.NC(Cc1c[nH]cn1)C(=O)O.O=C(O)c1cc(C(=O)O)c(C(=O)O)cc1C(=O)O. The lowest BCUT2D eigenvalue weighted by molar-refractivity contribution is -0.138. The van der Waals surface area contributed by atoms with Gasteiger partial charge < -0.3 is 41.4 Å². The number of hydrogen-bond donors (Lipinski definition) is 8. The van der Waals surface area contributed by atoms with Gasteiger partial charge in [-0.2, -0.15) is 0 Å². The maximum Gasteiger partial charge on any atom is 0.336 e. The van der Waals surface area contributed by atoms with E-state index < -0.39 is 64.1 Å². The number of rotatable bonds is 9. The van der Waals surface area contributed by atoms with E-state index in [-0.39, 0.29) is 6.42 Å². The molecule has 37 heavy (non-hydrogen) atoms. The Morgan fingerprint density at radius 1 is 0.838 bits per heavy atom. The molecule has 15 heteroatoms. The van der Waals surface area contributed by atoms with Crippen LogP contribution in [0.15, 0.2) is 49.0 Å². The van der Waals surface area contributed by atoms with Gasteiger partial charge in [-0.1, -0.05) is 18.2 Å². The van der Waals surface area contributed by atoms with Crippen LogP contribution in [0.25, 0.3) is 0 Å². The molecule has 0 aliphatic heterocycles. The molecule has 0 saturated heterocycles. The molecule has 0 fully saturated rings. The van der Waals surface area contributed by atoms with Crippen molar-refractivity contribution in [3.05, 3.63) is 76.9 Å². The van der Waals surface area contributed by atoms with E-state index in [0.717, 1.165) is 6.08 Å². The molecule has 1 heterocycles. The van der Waals surface area contributed by atoms with Crippen molar-refractivity contribution in [2.24, 2.45) is 5.73 Å². The highest BCUT2D eigenvalue weighted by molar-refractivity contribution is 6.09. The standard InChI is InChI=1S/C10H6O8.C6H9N3O2.C6H8O2/c11-7(12)3-1-4(8(13)14)6(10(17)18)2-5(3)9(15)16;7-5(6(10)11)1-4-2-8-3-9-4;1-2-3-4-5-6(7)8/h1-2H,(H,11,12)(H,13,14)(H,15,16)(H,17,18);2-3,5H,1,7H2,(H,8,9)(H,10,11);2-5H,1H3,(H,7,8)/b;;3-2+,5-4+. The summed E-state index contributed by atoms with van der Waals surface area (Å²) in [5.41, 5.74) is 2.77. The van der Waals surface area contributed by atoms with Gasteiger partial charge in [0.25, 0.3) is 0 Å². The van der Waals surface area contributed by atoms with Crippen LogP contribution in [-0.4, -0.2) is 82.5 Å². The van der Waals surface area contributed by atoms with Gasteiger partial charge in [0.1, 0.15) is 6.04 Å². The maximum atomic E-state index is 10.8. The molecule has 1 aromatic heterocycles. The predicted octanol–water partition coefficient (Wildman–Crippen LogP) is 1.05. The van der Waals surface area contributed by atoms with Crippen LogP contribution in [0.3, 0.4) is 0 Å². The number of aliphatic carboxylic acids is 2. The number of hydrogen-bond acceptors (Lipinski definition) is 8. The summed E-state index contributed by atoms with van der Waals surface area (Å²) < 4.78 is 0. The van der Waals surface area contributed by atoms with Gasteiger partial charge in [-0.3, -0.25) is 4.79 Å². The number of imidazole rings is 1. The molecule has 0 aliphatic rings. The predicted molar refractivity (Wildman–Crippen MR) is 124 cm³/mol. The van der Waals surface area contributed by atoms with Crippen molar-refractivity contribution >= 4 is 35.8 Å². The van der Waals surface area contributed by atoms with Crippen LogP contribution in [0.2, 0.25) is 0 Å². The van der Waals surface area contributed by atoms with E-state index in [1.54, 1.807) is 18.3 Å². The Morgan fingerprint density at radius 3 is 1.54 bits per heavy atom. The number of nitrogens with zero attached hydrogens (tertiary/aromatic N) is 1. The van der Waals surface area contributed by atoms with Crippen LogP contribution < -0.4 is 5.73 Å². The molecular formula is C22H23N3O12. The van der Waals surface area contributed by atoms with Gasteiger partial charge in [0.15, 0.2) is 0 Å². The molecule has 0 amide bonds. The molecule has 0 spiro atoms. The largest absolute Gasteiger partial charge is 0.480 e. The molecule has 1 aromatic carbocycles. The van der Waals surface area contributed by atoms with Gasteiger partial charge in [-0.05, 0) is 19.1 Å². The van der Waals surface area contributed by atoms with Crippen molar-refractivity contribution in [1.82, 2.24) is 9.97 Å². The van der Waals surface area contributed by atoms with E-state index in [9.17, 15) is 28.8 Å². The van der Waals surface area contributed by atoms with Crippen molar-refractivity contribution in [2.75, 3.05) is 0 Å². The van der Waals surface area contributed by atoms with E-state index >= 15 is 0 Å². The van der Waals surface area contributed by atoms with Crippen LogP contribution in [0.1, 0.15) is 54.0 Å². The van der Waals surface area contributed by atoms with Crippen molar-refractivity contribution < 1.29 is 59.4 Å². The van der Waals surface area contributed by atoms with Gasteiger partial charge in [0.2, 0.25) is 0 Å². The number of nitrogens with one attached hydrogen (secondary N) is 1. The fourth-order valence-electron chi connectivity index (χ4n) is 2.27. The third-order valence-electron chi connectivity index (χ3n) is 3.92. The van der Waals surface area contributed by atoms with E-state index in [4.69, 9.17) is 36.4 Å². The summed E-state index contributed by atoms with van der Waals surface area (Å²) in [5, 5.41) is 51.4. The lowest BCUT2D eigenvalue weighted by atomic mass is 9.98. The normalized spacial score (nSPS) is 11.0. The minimum absolute atomic E-state index is 0.263. The van der Waals surface area contributed by atoms with Crippen molar-refractivity contribution in [2.45, 2.75) is 19.4 Å². The second-order valence-corrected chi connectivity index (χ2v) is 6.60. The molecule has 2 rings (SSSR count). The van der Waals surface area contributed by atoms with E-state index in [1.165, 1.54) is 12.4 Å². The number of aromatic carboxylic acids is 4. The van der Waals surface area contributed by atoms with Crippen LogP contribution in [0.5, 0.6) is 0 Å². The Hall–Kier alpha value is -5.31. The number of H-pyrrole nitrogens is 1. The minimum atomic E-state index is -1.66. The molecule has 198 valence electrons. The quantitative estimate of drug-likeness (QED) is 0.169. The number of aromatic amines is 1. The smallest absolute Gasteiger partial charge is 0.336 e. The first-order chi connectivity index (χ1) is 17.2. The molecule has 0 saturated carbocycles. The Labute approximate surface area is 207 Å². The van der Waals surface area contributed by atoms with E-state index in [0.29, 0.717) is 17.8 Å². The first kappa shape index (κ1) is 31.7. The van der Waals surface area contributed by atoms with Crippen LogP contribution >= 0.6 is 0 Å². The van der Waals surface area contributed by atoms with Crippen LogP contribution in [0.4, 0.5) is 0 Å². The van der Waals surface area contributed by atoms with Gasteiger partial charge in [-0.15, -0.1) is 0 Å². The monoisotopic (exact) mass is 521 g/mol. The minimum Gasteiger partial charge on any atom is -0.480 e. The zero-order valence-electron chi connectivity index (χ0n) is 19.1. The average molecular weight is 521 g/mol. The number of carboxylic acid groups (broad SMARTS) is 6. The van der Waals surface area contributed by atoms with Crippen molar-refractivity contribution in [1.29, 1.82) is 0 Å². The summed E-state index contributed by atoms with van der Waals surface area (Å²) in [4.78, 5) is 69.7. The summed E-state index contributed by atoms with van der Waals surface area (Å²) in [6, 6.07) is 0.160. The molecule has 2 aromatic rings. The zero-order chi connectivity index (χ0) is 28.7. The lowest BCUT2D eigenvalue weighted by Gasteiger charge is -2.06. The molecule has 1 atom stereocenters. The third kappa shape index (κ3) is 11.6. The summed E-state index contributed by atoms with van der Waals surface area (Å²) in [6.07, 6.45) is 9.36. The maximum absolute atomic E-state index is 10.8. The second kappa shape index (κ2) is 15.6. The lowest BCUT2D eigenvalue weighted by Crippen LogP contribution is -2.32. The molecule has 0 bridgehead atoms. The summed E-state index contributed by atoms with van der Waals surface area (Å²) in [5.74, 6) is -8.56. The number of aromatic nitrogens is 2. The number of allylic oxidation sites excluding steroid dienone is 3. The van der Waals surface area contributed by atoms with Crippen LogP contribution in [-0.2, 0) is 16.0 Å². The Bertz CT molecular complexity index is 1100.